The lowest BCUT2D eigenvalue weighted by Crippen LogP contribution is -2.30. The van der Waals surface area contributed by atoms with Gasteiger partial charge in [-0.15, -0.1) is 0 Å². The summed E-state index contributed by atoms with van der Waals surface area (Å²) in [5.74, 6) is -0.701. The molecule has 4 rings (SSSR count). The van der Waals surface area contributed by atoms with Crippen LogP contribution in [0, 0.1) is 6.92 Å². The van der Waals surface area contributed by atoms with Crippen LogP contribution in [0.5, 0.6) is 11.5 Å². The van der Waals surface area contributed by atoms with Crippen molar-refractivity contribution in [3.05, 3.63) is 82.9 Å². The number of imide groups is 1. The van der Waals surface area contributed by atoms with Crippen molar-refractivity contribution in [3.8, 4) is 11.5 Å². The van der Waals surface area contributed by atoms with Crippen molar-refractivity contribution in [2.75, 3.05) is 26.1 Å². The standard InChI is InChI=1S/C27H25N3O8/c1-16-4-7-18(8-5-16)28-24(31)15-37-21-10-6-17(13-23(21)35-2)12-20-25(32)30(27(34)29-20)14-19-9-11-22(38-19)26(33)36-3/h4-13H,14-15H2,1-3H3,(H,28,31)(H,29,34)/b20-12-. The summed E-state index contributed by atoms with van der Waals surface area (Å²) in [6, 6.07) is 14.5. The van der Waals surface area contributed by atoms with Gasteiger partial charge in [-0.3, -0.25) is 14.5 Å². The number of ether oxygens (including phenoxy) is 3. The van der Waals surface area contributed by atoms with Gasteiger partial charge in [0.25, 0.3) is 11.8 Å². The first kappa shape index (κ1) is 26.0. The van der Waals surface area contributed by atoms with Gasteiger partial charge in [-0.2, -0.15) is 0 Å². The van der Waals surface area contributed by atoms with E-state index in [1.54, 1.807) is 30.3 Å². The number of esters is 1. The fourth-order valence-corrected chi connectivity index (χ4v) is 3.58. The number of urea groups is 1. The van der Waals surface area contributed by atoms with Gasteiger partial charge in [-0.25, -0.2) is 9.59 Å². The maximum atomic E-state index is 12.8. The van der Waals surface area contributed by atoms with E-state index < -0.39 is 17.9 Å². The predicted octanol–water partition coefficient (Wildman–Crippen LogP) is 3.49. The average molecular weight is 520 g/mol. The minimum absolute atomic E-state index is 0.0349. The first-order chi connectivity index (χ1) is 18.3. The second kappa shape index (κ2) is 11.3. The summed E-state index contributed by atoms with van der Waals surface area (Å²) in [7, 11) is 2.66. The van der Waals surface area contributed by atoms with Crippen LogP contribution in [0.3, 0.4) is 0 Å². The molecule has 1 aliphatic rings. The summed E-state index contributed by atoms with van der Waals surface area (Å²) in [6.07, 6.45) is 1.48. The van der Waals surface area contributed by atoms with Crippen LogP contribution >= 0.6 is 0 Å². The van der Waals surface area contributed by atoms with E-state index in [9.17, 15) is 19.2 Å². The first-order valence-electron chi connectivity index (χ1n) is 11.5. The van der Waals surface area contributed by atoms with Crippen molar-refractivity contribution < 1.29 is 37.8 Å². The van der Waals surface area contributed by atoms with E-state index in [-0.39, 0.29) is 36.3 Å². The number of nitrogens with one attached hydrogen (secondary N) is 2. The molecule has 3 aromatic rings. The summed E-state index contributed by atoms with van der Waals surface area (Å²) in [4.78, 5) is 50.0. The van der Waals surface area contributed by atoms with Gasteiger partial charge >= 0.3 is 12.0 Å². The number of carbonyl (C=O) groups excluding carboxylic acids is 4. The molecule has 0 aliphatic carbocycles. The maximum absolute atomic E-state index is 12.8. The van der Waals surface area contributed by atoms with Gasteiger partial charge < -0.3 is 29.3 Å². The van der Waals surface area contributed by atoms with E-state index in [0.717, 1.165) is 10.5 Å². The van der Waals surface area contributed by atoms with Crippen molar-refractivity contribution in [1.82, 2.24) is 10.2 Å². The van der Waals surface area contributed by atoms with Crippen LogP contribution < -0.4 is 20.1 Å². The van der Waals surface area contributed by atoms with Crippen molar-refractivity contribution >= 4 is 35.6 Å². The lowest BCUT2D eigenvalue weighted by Gasteiger charge is -2.12. The van der Waals surface area contributed by atoms with Gasteiger partial charge in [0.05, 0.1) is 20.8 Å². The molecule has 4 amide bonds. The fraction of sp³-hybridized carbons (Fsp3) is 0.185. The molecule has 0 saturated carbocycles. The van der Waals surface area contributed by atoms with Gasteiger partial charge in [-0.05, 0) is 55.0 Å². The number of benzene rings is 2. The van der Waals surface area contributed by atoms with Crippen molar-refractivity contribution in [2.24, 2.45) is 0 Å². The van der Waals surface area contributed by atoms with Gasteiger partial charge in [-0.1, -0.05) is 23.8 Å². The summed E-state index contributed by atoms with van der Waals surface area (Å²) in [5, 5.41) is 5.27. The second-order valence-corrected chi connectivity index (χ2v) is 8.25. The molecule has 1 fully saturated rings. The van der Waals surface area contributed by atoms with Crippen LogP contribution in [0.25, 0.3) is 6.08 Å². The lowest BCUT2D eigenvalue weighted by molar-refractivity contribution is -0.123. The number of hydrogen-bond donors (Lipinski definition) is 2. The number of aryl methyl sites for hydroxylation is 1. The zero-order chi connectivity index (χ0) is 27.2. The third-order valence-corrected chi connectivity index (χ3v) is 5.52. The second-order valence-electron chi connectivity index (χ2n) is 8.25. The molecule has 2 N–H and O–H groups in total. The van der Waals surface area contributed by atoms with Gasteiger partial charge in [0, 0.05) is 5.69 Å². The fourth-order valence-electron chi connectivity index (χ4n) is 3.58. The Hall–Kier alpha value is -5.06. The van der Waals surface area contributed by atoms with E-state index in [4.69, 9.17) is 13.9 Å². The Bertz CT molecular complexity index is 1410. The molecule has 0 bridgehead atoms. The Kier molecular flexibility index (Phi) is 7.76. The van der Waals surface area contributed by atoms with Gasteiger partial charge in [0.2, 0.25) is 5.76 Å². The zero-order valence-corrected chi connectivity index (χ0v) is 20.9. The number of rotatable bonds is 9. The van der Waals surface area contributed by atoms with E-state index in [1.165, 1.54) is 32.4 Å². The maximum Gasteiger partial charge on any atom is 0.373 e. The van der Waals surface area contributed by atoms with E-state index in [2.05, 4.69) is 15.4 Å². The third kappa shape index (κ3) is 6.01. The highest BCUT2D eigenvalue weighted by molar-refractivity contribution is 6.13. The molecule has 1 aliphatic heterocycles. The molecule has 2 aromatic carbocycles. The molecular formula is C27H25N3O8. The van der Waals surface area contributed by atoms with Crippen LogP contribution in [0.4, 0.5) is 10.5 Å². The van der Waals surface area contributed by atoms with E-state index >= 15 is 0 Å². The minimum Gasteiger partial charge on any atom is -0.493 e. The minimum atomic E-state index is -0.665. The monoisotopic (exact) mass is 519 g/mol. The predicted molar refractivity (Wildman–Crippen MR) is 135 cm³/mol. The number of amides is 4. The number of nitrogens with zero attached hydrogens (tertiary/aromatic N) is 1. The average Bonchev–Trinajstić information content (AvgIpc) is 3.49. The van der Waals surface area contributed by atoms with Crippen LogP contribution in [-0.2, 0) is 20.9 Å². The van der Waals surface area contributed by atoms with Gasteiger partial charge in [0.15, 0.2) is 18.1 Å². The highest BCUT2D eigenvalue weighted by Crippen LogP contribution is 2.29. The molecule has 11 heteroatoms. The lowest BCUT2D eigenvalue weighted by atomic mass is 10.1. The highest BCUT2D eigenvalue weighted by Gasteiger charge is 2.34. The Morgan fingerprint density at radius 2 is 1.79 bits per heavy atom. The smallest absolute Gasteiger partial charge is 0.373 e. The number of methoxy groups -OCH3 is 2. The Morgan fingerprint density at radius 3 is 2.50 bits per heavy atom. The van der Waals surface area contributed by atoms with Crippen LogP contribution in [0.1, 0.15) is 27.4 Å². The van der Waals surface area contributed by atoms with Crippen LogP contribution in [-0.4, -0.2) is 49.5 Å². The Morgan fingerprint density at radius 1 is 1.03 bits per heavy atom. The van der Waals surface area contributed by atoms with Crippen molar-refractivity contribution in [3.63, 3.8) is 0 Å². The van der Waals surface area contributed by atoms with Crippen LogP contribution in [0.2, 0.25) is 0 Å². The molecule has 0 unspecified atom stereocenters. The normalized spacial score (nSPS) is 13.9. The number of furan rings is 1. The molecule has 2 heterocycles. The molecule has 11 nitrogen and oxygen atoms in total. The summed E-state index contributed by atoms with van der Waals surface area (Å²) in [6.45, 7) is 1.55. The largest absolute Gasteiger partial charge is 0.493 e. The molecule has 1 aromatic heterocycles. The molecule has 0 radical (unpaired) electrons. The number of carbonyl (C=O) groups is 4. The SMILES string of the molecule is COC(=O)c1ccc(CN2C(=O)N/C(=C\c3ccc(OCC(=O)Nc4ccc(C)cc4)c(OC)c3)C2=O)o1. The number of anilines is 1. The first-order valence-corrected chi connectivity index (χ1v) is 11.5. The third-order valence-electron chi connectivity index (χ3n) is 5.52. The molecule has 1 saturated heterocycles. The van der Waals surface area contributed by atoms with Crippen molar-refractivity contribution in [2.45, 2.75) is 13.5 Å². The Balaban J connectivity index is 1.40. The summed E-state index contributed by atoms with van der Waals surface area (Å²) in [5.41, 5.74) is 2.33. The highest BCUT2D eigenvalue weighted by atomic mass is 16.5. The zero-order valence-electron chi connectivity index (χ0n) is 20.9. The molecule has 38 heavy (non-hydrogen) atoms. The summed E-state index contributed by atoms with van der Waals surface area (Å²) >= 11 is 0. The quantitative estimate of drug-likeness (QED) is 0.249. The molecule has 196 valence electrons. The van der Waals surface area contributed by atoms with Crippen LogP contribution in [0.15, 0.2) is 64.7 Å². The summed E-state index contributed by atoms with van der Waals surface area (Å²) < 4.78 is 20.9. The van der Waals surface area contributed by atoms with E-state index in [0.29, 0.717) is 22.7 Å². The molecule has 0 spiro atoms. The number of hydrogen-bond acceptors (Lipinski definition) is 8. The topological polar surface area (TPSA) is 136 Å². The van der Waals surface area contributed by atoms with E-state index in [1.807, 2.05) is 19.1 Å². The molecule has 0 atom stereocenters. The van der Waals surface area contributed by atoms with Crippen molar-refractivity contribution in [1.29, 1.82) is 0 Å². The van der Waals surface area contributed by atoms with Gasteiger partial charge in [0.1, 0.15) is 11.5 Å². The molecular weight excluding hydrogens is 494 g/mol. The Labute approximate surface area is 218 Å².